The summed E-state index contributed by atoms with van der Waals surface area (Å²) in [5.41, 5.74) is 0. The maximum Gasteiger partial charge on any atom is 0.109 e. The maximum absolute atomic E-state index is 4.29. The van der Waals surface area contributed by atoms with Crippen molar-refractivity contribution in [2.75, 3.05) is 13.1 Å². The Balaban J connectivity index is 1.96. The molecular weight excluding hydrogens is 186 g/mol. The SMILES string of the molecule is CCCCCCNCCc1nccn1C. The van der Waals surface area contributed by atoms with Gasteiger partial charge in [-0.15, -0.1) is 0 Å². The van der Waals surface area contributed by atoms with Gasteiger partial charge in [0.2, 0.25) is 0 Å². The summed E-state index contributed by atoms with van der Waals surface area (Å²) in [6.45, 7) is 4.43. The van der Waals surface area contributed by atoms with Crippen LogP contribution in [0.15, 0.2) is 12.4 Å². The molecular formula is C12H23N3. The Hall–Kier alpha value is -0.830. The highest BCUT2D eigenvalue weighted by Crippen LogP contribution is 1.97. The lowest BCUT2D eigenvalue weighted by atomic mass is 10.2. The van der Waals surface area contributed by atoms with Crippen molar-refractivity contribution < 1.29 is 0 Å². The van der Waals surface area contributed by atoms with Crippen molar-refractivity contribution in [3.8, 4) is 0 Å². The largest absolute Gasteiger partial charge is 0.338 e. The quantitative estimate of drug-likeness (QED) is 0.665. The van der Waals surface area contributed by atoms with Crippen molar-refractivity contribution >= 4 is 0 Å². The molecule has 0 amide bonds. The number of unbranched alkanes of at least 4 members (excludes halogenated alkanes) is 3. The van der Waals surface area contributed by atoms with E-state index in [0.717, 1.165) is 25.3 Å². The minimum absolute atomic E-state index is 1.03. The molecule has 3 nitrogen and oxygen atoms in total. The molecule has 0 aliphatic carbocycles. The molecule has 0 aliphatic heterocycles. The van der Waals surface area contributed by atoms with E-state index in [1.165, 1.54) is 25.7 Å². The van der Waals surface area contributed by atoms with E-state index in [2.05, 4.69) is 21.8 Å². The summed E-state index contributed by atoms with van der Waals surface area (Å²) in [6.07, 6.45) is 10.2. The van der Waals surface area contributed by atoms with Crippen molar-refractivity contribution in [3.05, 3.63) is 18.2 Å². The molecule has 0 radical (unpaired) electrons. The van der Waals surface area contributed by atoms with Gasteiger partial charge in [0.1, 0.15) is 5.82 Å². The summed E-state index contributed by atoms with van der Waals surface area (Å²) in [7, 11) is 2.05. The highest BCUT2D eigenvalue weighted by Gasteiger charge is 1.97. The Labute approximate surface area is 92.9 Å². The average molecular weight is 209 g/mol. The molecule has 1 aromatic heterocycles. The number of imidazole rings is 1. The smallest absolute Gasteiger partial charge is 0.109 e. The number of nitrogens with one attached hydrogen (secondary N) is 1. The zero-order valence-electron chi connectivity index (χ0n) is 10.00. The minimum Gasteiger partial charge on any atom is -0.338 e. The highest BCUT2D eigenvalue weighted by atomic mass is 15.0. The molecule has 0 spiro atoms. The lowest BCUT2D eigenvalue weighted by molar-refractivity contribution is 0.590. The Kier molecular flexibility index (Phi) is 6.09. The molecule has 15 heavy (non-hydrogen) atoms. The lowest BCUT2D eigenvalue weighted by Crippen LogP contribution is -2.19. The molecule has 0 fully saturated rings. The molecule has 1 aromatic rings. The van der Waals surface area contributed by atoms with Gasteiger partial charge < -0.3 is 9.88 Å². The van der Waals surface area contributed by atoms with E-state index in [1.54, 1.807) is 0 Å². The van der Waals surface area contributed by atoms with Crippen LogP contribution in [0.5, 0.6) is 0 Å². The predicted molar refractivity (Wildman–Crippen MR) is 63.9 cm³/mol. The number of nitrogens with zero attached hydrogens (tertiary/aromatic N) is 2. The van der Waals surface area contributed by atoms with E-state index in [4.69, 9.17) is 0 Å². The Bertz CT molecular complexity index is 255. The number of aryl methyl sites for hydroxylation is 1. The molecule has 0 saturated heterocycles. The first-order valence-corrected chi connectivity index (χ1v) is 6.01. The fourth-order valence-corrected chi connectivity index (χ4v) is 1.64. The standard InChI is InChI=1S/C12H23N3/c1-3-4-5-6-8-13-9-7-12-14-10-11-15(12)2/h10-11,13H,3-9H2,1-2H3. The van der Waals surface area contributed by atoms with E-state index in [-0.39, 0.29) is 0 Å². The van der Waals surface area contributed by atoms with E-state index >= 15 is 0 Å². The highest BCUT2D eigenvalue weighted by molar-refractivity contribution is 4.91. The molecule has 0 bridgehead atoms. The molecule has 1 N–H and O–H groups in total. The number of rotatable bonds is 8. The minimum atomic E-state index is 1.03. The summed E-state index contributed by atoms with van der Waals surface area (Å²) in [5, 5.41) is 3.46. The van der Waals surface area contributed by atoms with Crippen molar-refractivity contribution in [2.45, 2.75) is 39.0 Å². The molecule has 1 heterocycles. The Morgan fingerprint density at radius 3 is 2.80 bits per heavy atom. The van der Waals surface area contributed by atoms with Gasteiger partial charge in [0.05, 0.1) is 0 Å². The van der Waals surface area contributed by atoms with Crippen molar-refractivity contribution in [1.29, 1.82) is 0 Å². The Morgan fingerprint density at radius 1 is 1.27 bits per heavy atom. The van der Waals surface area contributed by atoms with Gasteiger partial charge in [-0.2, -0.15) is 0 Å². The normalized spacial score (nSPS) is 10.8. The van der Waals surface area contributed by atoms with Crippen LogP contribution in [0.2, 0.25) is 0 Å². The van der Waals surface area contributed by atoms with Gasteiger partial charge in [0, 0.05) is 32.4 Å². The fourth-order valence-electron chi connectivity index (χ4n) is 1.64. The monoisotopic (exact) mass is 209 g/mol. The van der Waals surface area contributed by atoms with Crippen LogP contribution in [0.4, 0.5) is 0 Å². The van der Waals surface area contributed by atoms with Gasteiger partial charge in [0.25, 0.3) is 0 Å². The van der Waals surface area contributed by atoms with E-state index in [9.17, 15) is 0 Å². The molecule has 0 saturated carbocycles. The zero-order valence-corrected chi connectivity index (χ0v) is 10.00. The predicted octanol–water partition coefficient (Wildman–Crippen LogP) is 2.13. The first-order valence-electron chi connectivity index (χ1n) is 6.01. The summed E-state index contributed by atoms with van der Waals surface area (Å²) in [4.78, 5) is 4.29. The second kappa shape index (κ2) is 7.46. The first-order chi connectivity index (χ1) is 7.34. The zero-order chi connectivity index (χ0) is 10.9. The van der Waals surface area contributed by atoms with Crippen LogP contribution >= 0.6 is 0 Å². The van der Waals surface area contributed by atoms with Crippen LogP contribution < -0.4 is 5.32 Å². The van der Waals surface area contributed by atoms with E-state index in [0.29, 0.717) is 0 Å². The molecule has 0 aromatic carbocycles. The third-order valence-corrected chi connectivity index (χ3v) is 2.65. The van der Waals surface area contributed by atoms with Gasteiger partial charge in [-0.05, 0) is 13.0 Å². The molecule has 3 heteroatoms. The van der Waals surface area contributed by atoms with Crippen molar-refractivity contribution in [2.24, 2.45) is 7.05 Å². The van der Waals surface area contributed by atoms with Gasteiger partial charge in [0.15, 0.2) is 0 Å². The van der Waals surface area contributed by atoms with Crippen molar-refractivity contribution in [3.63, 3.8) is 0 Å². The third kappa shape index (κ3) is 4.98. The summed E-state index contributed by atoms with van der Waals surface area (Å²) >= 11 is 0. The van der Waals surface area contributed by atoms with Crippen LogP contribution in [-0.2, 0) is 13.5 Å². The number of hydrogen-bond acceptors (Lipinski definition) is 2. The summed E-state index contributed by atoms with van der Waals surface area (Å²) in [5.74, 6) is 1.16. The van der Waals surface area contributed by atoms with Crippen LogP contribution in [0.3, 0.4) is 0 Å². The van der Waals surface area contributed by atoms with Crippen LogP contribution in [-0.4, -0.2) is 22.6 Å². The summed E-state index contributed by atoms with van der Waals surface area (Å²) in [6, 6.07) is 0. The average Bonchev–Trinajstić information content (AvgIpc) is 2.63. The second-order valence-electron chi connectivity index (χ2n) is 4.02. The molecule has 86 valence electrons. The topological polar surface area (TPSA) is 29.9 Å². The fraction of sp³-hybridized carbons (Fsp3) is 0.750. The third-order valence-electron chi connectivity index (χ3n) is 2.65. The molecule has 0 unspecified atom stereocenters. The molecule has 0 atom stereocenters. The van der Waals surface area contributed by atoms with Crippen LogP contribution in [0.25, 0.3) is 0 Å². The van der Waals surface area contributed by atoms with Gasteiger partial charge >= 0.3 is 0 Å². The molecule has 1 rings (SSSR count). The van der Waals surface area contributed by atoms with E-state index < -0.39 is 0 Å². The van der Waals surface area contributed by atoms with Gasteiger partial charge in [-0.3, -0.25) is 0 Å². The Morgan fingerprint density at radius 2 is 2.13 bits per heavy atom. The maximum atomic E-state index is 4.29. The van der Waals surface area contributed by atoms with Gasteiger partial charge in [-0.25, -0.2) is 4.98 Å². The van der Waals surface area contributed by atoms with E-state index in [1.807, 2.05) is 19.4 Å². The lowest BCUT2D eigenvalue weighted by Gasteiger charge is -2.04. The second-order valence-corrected chi connectivity index (χ2v) is 4.02. The van der Waals surface area contributed by atoms with Crippen LogP contribution in [0, 0.1) is 0 Å². The van der Waals surface area contributed by atoms with Crippen LogP contribution in [0.1, 0.15) is 38.4 Å². The summed E-state index contributed by atoms with van der Waals surface area (Å²) < 4.78 is 2.08. The first kappa shape index (κ1) is 12.2. The van der Waals surface area contributed by atoms with Crippen molar-refractivity contribution in [1.82, 2.24) is 14.9 Å². The molecule has 0 aliphatic rings. The number of hydrogen-bond donors (Lipinski definition) is 1. The number of aromatic nitrogens is 2. The van der Waals surface area contributed by atoms with Gasteiger partial charge in [-0.1, -0.05) is 26.2 Å².